The molecule has 2 aromatic heterocycles. The molecule has 11 atom stereocenters. The van der Waals surface area contributed by atoms with Crippen LogP contribution < -0.4 is 16.4 Å². The molecule has 12 N–H and O–H groups in total. The number of unbranched alkanes of at least 4 members (excludes halogenated alkanes) is 2. The SMILES string of the molecule is C[C@@H]1O[C@@H](OCCCCCC(=O)SCCNC(=O)CCNC(=O)[C@H](O)C(C)(C)COP(=O)(O)OP(=O)(O)OC[C@H]2O[C@@H](n3cnc4c(N)ncnc43)[C@H](O)[C@@H]2OP(=O)(O)O)[C@H](O)C[C@H]1O. The molecule has 28 nitrogen and oxygen atoms in total. The molecule has 4 rings (SSSR count). The average molecular weight is 1010 g/mol. The van der Waals surface area contributed by atoms with E-state index in [0.29, 0.717) is 38.0 Å². The molecule has 0 aliphatic carbocycles. The van der Waals surface area contributed by atoms with Gasteiger partial charge >= 0.3 is 23.5 Å². The van der Waals surface area contributed by atoms with E-state index in [2.05, 4.69) is 34.4 Å². The molecule has 2 saturated heterocycles. The maximum Gasteiger partial charge on any atom is 0.481 e. The molecule has 2 aromatic rings. The summed E-state index contributed by atoms with van der Waals surface area (Å²) in [6, 6.07) is 0. The maximum absolute atomic E-state index is 12.7. The number of aromatic nitrogens is 4. The Hall–Kier alpha value is -2.60. The molecular weight excluding hydrogens is 955 g/mol. The summed E-state index contributed by atoms with van der Waals surface area (Å²) in [5.74, 6) is -1.21. The molecule has 32 heteroatoms. The number of nitrogens with one attached hydrogen (secondary N) is 2. The first kappa shape index (κ1) is 55.0. The molecule has 0 aromatic carbocycles. The fourth-order valence-corrected chi connectivity index (χ4v) is 9.76. The molecule has 2 aliphatic heterocycles. The first-order valence-corrected chi connectivity index (χ1v) is 25.5. The van der Waals surface area contributed by atoms with Gasteiger partial charge in [0, 0.05) is 50.1 Å². The van der Waals surface area contributed by atoms with Crippen molar-refractivity contribution < 1.29 is 100 Å². The maximum atomic E-state index is 12.7. The Morgan fingerprint density at radius 3 is 2.38 bits per heavy atom. The van der Waals surface area contributed by atoms with Crippen molar-refractivity contribution in [2.45, 2.75) is 115 Å². The van der Waals surface area contributed by atoms with Crippen LogP contribution in [0.2, 0.25) is 0 Å². The van der Waals surface area contributed by atoms with E-state index in [0.717, 1.165) is 29.0 Å². The number of nitrogens with two attached hydrogens (primary N) is 1. The Kier molecular flexibility index (Phi) is 20.4. The van der Waals surface area contributed by atoms with Crippen molar-refractivity contribution in [3.05, 3.63) is 12.7 Å². The molecule has 0 radical (unpaired) electrons. The Balaban J connectivity index is 1.12. The number of nitrogen functional groups attached to an aromatic ring is 1. The number of aliphatic hydroxyl groups excluding tert-OH is 4. The van der Waals surface area contributed by atoms with Crippen molar-refractivity contribution in [3.8, 4) is 0 Å². The lowest BCUT2D eigenvalue weighted by molar-refractivity contribution is -0.261. The summed E-state index contributed by atoms with van der Waals surface area (Å²) in [5, 5.41) is 46.1. The molecule has 0 spiro atoms. The Labute approximate surface area is 375 Å². The van der Waals surface area contributed by atoms with Gasteiger partial charge in [-0.25, -0.2) is 28.6 Å². The van der Waals surface area contributed by atoms with Gasteiger partial charge in [-0.15, -0.1) is 0 Å². The number of phosphoric ester groups is 3. The molecule has 2 unspecified atom stereocenters. The van der Waals surface area contributed by atoms with Crippen molar-refractivity contribution in [2.75, 3.05) is 44.4 Å². The molecule has 4 heterocycles. The van der Waals surface area contributed by atoms with Crippen LogP contribution in [0.4, 0.5) is 5.82 Å². The summed E-state index contributed by atoms with van der Waals surface area (Å²) in [4.78, 5) is 88.2. The zero-order chi connectivity index (χ0) is 48.3. The Morgan fingerprint density at radius 2 is 1.68 bits per heavy atom. The van der Waals surface area contributed by atoms with Gasteiger partial charge in [0.05, 0.1) is 31.7 Å². The highest BCUT2D eigenvalue weighted by molar-refractivity contribution is 8.13. The van der Waals surface area contributed by atoms with E-state index < -0.39 is 109 Å². The molecule has 2 aliphatic rings. The average Bonchev–Trinajstić information content (AvgIpc) is 3.77. The van der Waals surface area contributed by atoms with Crippen molar-refractivity contribution in [2.24, 2.45) is 5.41 Å². The molecule has 2 amide bonds. The van der Waals surface area contributed by atoms with Crippen molar-refractivity contribution in [1.29, 1.82) is 0 Å². The van der Waals surface area contributed by atoms with Gasteiger partial charge < -0.3 is 70.6 Å². The van der Waals surface area contributed by atoms with Crippen LogP contribution in [0.5, 0.6) is 0 Å². The number of nitrogens with zero attached hydrogens (tertiary/aromatic N) is 4. The topological polar surface area (TPSA) is 423 Å². The molecule has 0 bridgehead atoms. The predicted molar refractivity (Wildman–Crippen MR) is 222 cm³/mol. The number of aliphatic hydroxyl groups is 4. The number of hydrogen-bond donors (Lipinski definition) is 11. The molecular formula is C33H56N7O21P3S. The van der Waals surface area contributed by atoms with Gasteiger partial charge in [0.1, 0.15) is 42.4 Å². The second kappa shape index (κ2) is 24.1. The number of anilines is 1. The summed E-state index contributed by atoms with van der Waals surface area (Å²) in [5.41, 5.74) is 4.23. The van der Waals surface area contributed by atoms with Crippen LogP contribution in [0.15, 0.2) is 12.7 Å². The quantitative estimate of drug-likeness (QED) is 0.0402. The second-order valence-electron chi connectivity index (χ2n) is 15.6. The lowest BCUT2D eigenvalue weighted by atomic mass is 9.87. The first-order chi connectivity index (χ1) is 30.3. The van der Waals surface area contributed by atoms with E-state index in [1.165, 1.54) is 13.8 Å². The largest absolute Gasteiger partial charge is 0.481 e. The number of rotatable bonds is 26. The van der Waals surface area contributed by atoms with Crippen molar-refractivity contribution in [1.82, 2.24) is 30.2 Å². The number of carbonyl (C=O) groups excluding carboxylic acids is 3. The van der Waals surface area contributed by atoms with Gasteiger partial charge in [-0.05, 0) is 19.8 Å². The van der Waals surface area contributed by atoms with Crippen LogP contribution in [0.25, 0.3) is 11.2 Å². The van der Waals surface area contributed by atoms with Crippen LogP contribution in [-0.2, 0) is 60.2 Å². The molecule has 65 heavy (non-hydrogen) atoms. The molecule has 370 valence electrons. The minimum Gasteiger partial charge on any atom is -0.390 e. The fourth-order valence-electron chi connectivity index (χ4n) is 6.21. The third kappa shape index (κ3) is 17.1. The zero-order valence-electron chi connectivity index (χ0n) is 35.3. The molecule has 2 fully saturated rings. The number of hydrogen-bond acceptors (Lipinski definition) is 22. The Morgan fingerprint density at radius 1 is 0.969 bits per heavy atom. The number of fused-ring (bicyclic) bond motifs is 1. The summed E-state index contributed by atoms with van der Waals surface area (Å²) in [6.07, 6.45) is -7.52. The summed E-state index contributed by atoms with van der Waals surface area (Å²) in [6.45, 7) is 2.39. The van der Waals surface area contributed by atoms with E-state index in [-0.39, 0.29) is 48.0 Å². The lowest BCUT2D eigenvalue weighted by Crippen LogP contribution is -2.47. The van der Waals surface area contributed by atoms with E-state index in [9.17, 15) is 68.1 Å². The summed E-state index contributed by atoms with van der Waals surface area (Å²) >= 11 is 1.05. The summed E-state index contributed by atoms with van der Waals surface area (Å²) < 4.78 is 73.3. The lowest BCUT2D eigenvalue weighted by Gasteiger charge is -2.35. The van der Waals surface area contributed by atoms with Gasteiger partial charge in [-0.3, -0.25) is 32.5 Å². The van der Waals surface area contributed by atoms with Gasteiger partial charge in [-0.1, -0.05) is 32.0 Å². The van der Waals surface area contributed by atoms with Gasteiger partial charge in [0.25, 0.3) is 0 Å². The fraction of sp³-hybridized carbons (Fsp3) is 0.758. The number of carbonyl (C=O) groups is 3. The van der Waals surface area contributed by atoms with Crippen LogP contribution in [0, 0.1) is 5.41 Å². The number of phosphoric acid groups is 3. The first-order valence-electron chi connectivity index (χ1n) is 20.0. The number of amides is 2. The zero-order valence-corrected chi connectivity index (χ0v) is 38.8. The van der Waals surface area contributed by atoms with Crippen LogP contribution >= 0.6 is 35.2 Å². The third-order valence-electron chi connectivity index (χ3n) is 9.76. The van der Waals surface area contributed by atoms with Crippen molar-refractivity contribution >= 4 is 69.1 Å². The van der Waals surface area contributed by atoms with E-state index in [1.807, 2.05) is 0 Å². The number of thioether (sulfide) groups is 1. The number of ether oxygens (including phenoxy) is 3. The highest BCUT2D eigenvalue weighted by atomic mass is 32.2. The van der Waals surface area contributed by atoms with E-state index in [1.54, 1.807) is 6.92 Å². The minimum atomic E-state index is -5.59. The predicted octanol–water partition coefficient (Wildman–Crippen LogP) is -0.902. The van der Waals surface area contributed by atoms with Gasteiger partial charge in [0.15, 0.2) is 29.1 Å². The van der Waals surface area contributed by atoms with Gasteiger partial charge in [0.2, 0.25) is 11.8 Å². The van der Waals surface area contributed by atoms with Gasteiger partial charge in [-0.2, -0.15) is 4.31 Å². The number of imidazole rings is 1. The van der Waals surface area contributed by atoms with E-state index >= 15 is 0 Å². The smallest absolute Gasteiger partial charge is 0.390 e. The van der Waals surface area contributed by atoms with Crippen LogP contribution in [0.3, 0.4) is 0 Å². The monoisotopic (exact) mass is 1010 g/mol. The normalized spacial score (nSPS) is 26.3. The highest BCUT2D eigenvalue weighted by Gasteiger charge is 2.50. The third-order valence-corrected chi connectivity index (χ3v) is 13.8. The standard InChI is InChI=1S/C33H56N7O21P3S/c1-18-19(41)13-20(42)32(58-18)55-11-6-4-5-7-23(44)65-12-10-35-22(43)8-9-36-30(47)27(46)33(2,3)15-57-64(53,54)61-63(51,52)56-14-21-26(60-62(48,49)50)25(45)31(59-21)40-17-39-24-28(34)37-16-38-29(24)40/h16-21,25-27,31-32,41-42,45-46H,4-15H2,1-3H3,(H,35,43)(H,36,47)(H,51,52)(H,53,54)(H2,34,37,38)(H2,48,49,50)/t18-,19+,20+,21+,25+,26+,27-,31+,32+/m0/s1. The van der Waals surface area contributed by atoms with E-state index in [4.69, 9.17) is 29.0 Å². The highest BCUT2D eigenvalue weighted by Crippen LogP contribution is 2.61. The second-order valence-corrected chi connectivity index (χ2v) is 20.9. The molecule has 0 saturated carbocycles. The Bertz CT molecular complexity index is 2070. The van der Waals surface area contributed by atoms with Crippen LogP contribution in [0.1, 0.15) is 65.5 Å². The van der Waals surface area contributed by atoms with Crippen molar-refractivity contribution in [3.63, 3.8) is 0 Å². The summed E-state index contributed by atoms with van der Waals surface area (Å²) in [7, 11) is -16.5. The van der Waals surface area contributed by atoms with Crippen LogP contribution in [-0.4, -0.2) is 164 Å². The minimum absolute atomic E-state index is 0.0225.